The number of rotatable bonds is 2. The molecule has 0 radical (unpaired) electrons. The molecule has 1 aliphatic rings. The zero-order valence-electron chi connectivity index (χ0n) is 8.81. The first-order valence-corrected chi connectivity index (χ1v) is 5.17. The van der Waals surface area contributed by atoms with Crippen LogP contribution in [0.1, 0.15) is 11.7 Å². The molecule has 1 aliphatic heterocycles. The van der Waals surface area contributed by atoms with Crippen LogP contribution in [0.2, 0.25) is 0 Å². The van der Waals surface area contributed by atoms with Crippen LogP contribution in [0.5, 0.6) is 6.01 Å². The second-order valence-electron chi connectivity index (χ2n) is 3.78. The molecule has 1 unspecified atom stereocenters. The summed E-state index contributed by atoms with van der Waals surface area (Å²) in [6, 6.07) is 9.92. The number of benzene rings is 1. The Morgan fingerprint density at radius 2 is 2.18 bits per heavy atom. The molecule has 0 bridgehead atoms. The maximum atomic E-state index is 10.8. The summed E-state index contributed by atoms with van der Waals surface area (Å²) >= 11 is 0. The predicted molar refractivity (Wildman–Crippen MR) is 58.7 cm³/mol. The van der Waals surface area contributed by atoms with Gasteiger partial charge in [0.2, 0.25) is 0 Å². The Hall–Kier alpha value is -2.37. The van der Waals surface area contributed by atoms with Crippen LogP contribution >= 0.6 is 0 Å². The van der Waals surface area contributed by atoms with E-state index in [0.29, 0.717) is 12.6 Å². The van der Waals surface area contributed by atoms with E-state index in [0.717, 1.165) is 5.56 Å². The molecule has 0 aliphatic carbocycles. The Balaban J connectivity index is 1.91. The van der Waals surface area contributed by atoms with Gasteiger partial charge in [0, 0.05) is 0 Å². The normalized spacial score (nSPS) is 17.5. The minimum atomic E-state index is -0.451. The summed E-state index contributed by atoms with van der Waals surface area (Å²) in [6.45, 7) is 0.426. The van der Waals surface area contributed by atoms with E-state index in [2.05, 4.69) is 4.98 Å². The van der Waals surface area contributed by atoms with E-state index >= 15 is 0 Å². The van der Waals surface area contributed by atoms with Crippen LogP contribution in [0.4, 0.5) is 5.82 Å². The highest BCUT2D eigenvalue weighted by Gasteiger charge is 2.34. The van der Waals surface area contributed by atoms with E-state index in [9.17, 15) is 10.1 Å². The van der Waals surface area contributed by atoms with Gasteiger partial charge in [-0.25, -0.2) is 0 Å². The lowest BCUT2D eigenvalue weighted by molar-refractivity contribution is -0.392. The lowest BCUT2D eigenvalue weighted by atomic mass is 10.1. The molecule has 0 fully saturated rings. The number of ether oxygens (including phenoxy) is 1. The van der Waals surface area contributed by atoms with E-state index in [-0.39, 0.29) is 11.9 Å². The van der Waals surface area contributed by atoms with Crippen molar-refractivity contribution in [3.05, 3.63) is 52.2 Å². The molecule has 0 amide bonds. The van der Waals surface area contributed by atoms with Crippen molar-refractivity contribution in [3.63, 3.8) is 0 Å². The zero-order chi connectivity index (χ0) is 11.8. The number of nitrogens with zero attached hydrogens (tertiary/aromatic N) is 3. The SMILES string of the molecule is O=[N+]([O-])c1cnc2n1CC(c1ccccc1)O2. The third kappa shape index (κ3) is 1.54. The van der Waals surface area contributed by atoms with E-state index < -0.39 is 4.92 Å². The van der Waals surface area contributed by atoms with Crippen LogP contribution in [-0.4, -0.2) is 14.5 Å². The molecular weight excluding hydrogens is 222 g/mol. The van der Waals surface area contributed by atoms with Crippen LogP contribution in [0.15, 0.2) is 36.5 Å². The Bertz CT molecular complexity index is 565. The largest absolute Gasteiger partial charge is 0.435 e. The Labute approximate surface area is 96.6 Å². The fourth-order valence-corrected chi connectivity index (χ4v) is 1.93. The fourth-order valence-electron chi connectivity index (χ4n) is 1.93. The van der Waals surface area contributed by atoms with Crippen LogP contribution in [0.25, 0.3) is 0 Å². The van der Waals surface area contributed by atoms with Gasteiger partial charge < -0.3 is 14.9 Å². The molecule has 2 aromatic rings. The van der Waals surface area contributed by atoms with Crippen LogP contribution in [-0.2, 0) is 6.54 Å². The van der Waals surface area contributed by atoms with Gasteiger partial charge in [-0.15, -0.1) is 0 Å². The maximum absolute atomic E-state index is 10.8. The molecule has 0 N–H and O–H groups in total. The second-order valence-corrected chi connectivity index (χ2v) is 3.78. The van der Waals surface area contributed by atoms with Crippen molar-refractivity contribution in [2.45, 2.75) is 12.6 Å². The Kier molecular flexibility index (Phi) is 2.07. The monoisotopic (exact) mass is 231 g/mol. The maximum Gasteiger partial charge on any atom is 0.391 e. The van der Waals surface area contributed by atoms with Crippen molar-refractivity contribution < 1.29 is 9.66 Å². The van der Waals surface area contributed by atoms with Gasteiger partial charge >= 0.3 is 11.8 Å². The first-order chi connectivity index (χ1) is 8.25. The number of fused-ring (bicyclic) bond motifs is 1. The quantitative estimate of drug-likeness (QED) is 0.584. The molecule has 1 aromatic carbocycles. The van der Waals surface area contributed by atoms with E-state index in [1.807, 2.05) is 30.3 Å². The van der Waals surface area contributed by atoms with Gasteiger partial charge in [0.15, 0.2) is 6.10 Å². The van der Waals surface area contributed by atoms with Crippen molar-refractivity contribution in [2.24, 2.45) is 0 Å². The molecule has 0 spiro atoms. The van der Waals surface area contributed by atoms with Crippen molar-refractivity contribution in [1.82, 2.24) is 9.55 Å². The number of hydrogen-bond acceptors (Lipinski definition) is 4. The summed E-state index contributed by atoms with van der Waals surface area (Å²) in [4.78, 5) is 14.2. The first kappa shape index (κ1) is 9.83. The minimum absolute atomic E-state index is 0.0292. The molecule has 17 heavy (non-hydrogen) atoms. The number of hydrogen-bond donors (Lipinski definition) is 0. The third-order valence-corrected chi connectivity index (χ3v) is 2.75. The average molecular weight is 231 g/mol. The standard InChI is InChI=1S/C11H9N3O3/c15-14(16)10-6-12-11-13(10)7-9(17-11)8-4-2-1-3-5-8/h1-6,9H,7H2. The van der Waals surface area contributed by atoms with Crippen LogP contribution in [0, 0.1) is 10.1 Å². The van der Waals surface area contributed by atoms with Gasteiger partial charge in [-0.3, -0.25) is 0 Å². The highest BCUT2D eigenvalue weighted by atomic mass is 16.6. The molecule has 1 atom stereocenters. The van der Waals surface area contributed by atoms with Crippen molar-refractivity contribution in [3.8, 4) is 6.01 Å². The minimum Gasteiger partial charge on any atom is -0.435 e. The van der Waals surface area contributed by atoms with Gasteiger partial charge in [-0.2, -0.15) is 9.55 Å². The molecular formula is C11H9N3O3. The average Bonchev–Trinajstić information content (AvgIpc) is 2.88. The van der Waals surface area contributed by atoms with Gasteiger partial charge in [-0.05, 0) is 10.5 Å². The fraction of sp³-hybridized carbons (Fsp3) is 0.182. The van der Waals surface area contributed by atoms with Crippen LogP contribution < -0.4 is 4.74 Å². The molecule has 1 aromatic heterocycles. The molecule has 0 saturated heterocycles. The molecule has 0 saturated carbocycles. The third-order valence-electron chi connectivity index (χ3n) is 2.75. The molecule has 2 heterocycles. The molecule has 6 nitrogen and oxygen atoms in total. The lowest BCUT2D eigenvalue weighted by Gasteiger charge is -2.06. The van der Waals surface area contributed by atoms with E-state index in [1.165, 1.54) is 10.8 Å². The topological polar surface area (TPSA) is 70.2 Å². The summed E-state index contributed by atoms with van der Waals surface area (Å²) < 4.78 is 7.06. The van der Waals surface area contributed by atoms with Crippen molar-refractivity contribution in [1.29, 1.82) is 0 Å². The van der Waals surface area contributed by atoms with Gasteiger partial charge in [0.1, 0.15) is 12.7 Å². The summed E-state index contributed by atoms with van der Waals surface area (Å²) in [5, 5.41) is 10.8. The molecule has 6 heteroatoms. The summed E-state index contributed by atoms with van der Waals surface area (Å²) in [6.07, 6.45) is 1.02. The van der Waals surface area contributed by atoms with Gasteiger partial charge in [0.05, 0.1) is 0 Å². The highest BCUT2D eigenvalue weighted by Crippen LogP contribution is 2.33. The molecule has 86 valence electrons. The number of nitro groups is 1. The predicted octanol–water partition coefficient (Wildman–Crippen LogP) is 1.92. The molecule has 3 rings (SSSR count). The highest BCUT2D eigenvalue weighted by molar-refractivity contribution is 5.28. The number of aromatic nitrogens is 2. The second kappa shape index (κ2) is 3.58. The van der Waals surface area contributed by atoms with Crippen molar-refractivity contribution in [2.75, 3.05) is 0 Å². The van der Waals surface area contributed by atoms with Gasteiger partial charge in [0.25, 0.3) is 0 Å². The smallest absolute Gasteiger partial charge is 0.391 e. The van der Waals surface area contributed by atoms with E-state index in [4.69, 9.17) is 4.74 Å². The van der Waals surface area contributed by atoms with E-state index in [1.54, 1.807) is 0 Å². The van der Waals surface area contributed by atoms with Crippen molar-refractivity contribution >= 4 is 5.82 Å². The lowest BCUT2D eigenvalue weighted by Crippen LogP contribution is -2.06. The van der Waals surface area contributed by atoms with Crippen LogP contribution in [0.3, 0.4) is 0 Å². The Morgan fingerprint density at radius 1 is 1.41 bits per heavy atom. The summed E-state index contributed by atoms with van der Waals surface area (Å²) in [7, 11) is 0. The van der Waals surface area contributed by atoms with Gasteiger partial charge in [-0.1, -0.05) is 30.3 Å². The first-order valence-electron chi connectivity index (χ1n) is 5.17. The summed E-state index contributed by atoms with van der Waals surface area (Å²) in [5.74, 6) is -0.0292. The number of imidazole rings is 1. The zero-order valence-corrected chi connectivity index (χ0v) is 8.81. The Morgan fingerprint density at radius 3 is 2.88 bits per heavy atom. The summed E-state index contributed by atoms with van der Waals surface area (Å²) in [5.41, 5.74) is 0.993.